The Hall–Kier alpha value is -3.30. The van der Waals surface area contributed by atoms with Gasteiger partial charge in [-0.2, -0.15) is 5.10 Å². The Bertz CT molecular complexity index is 1360. The van der Waals surface area contributed by atoms with Gasteiger partial charge in [0.2, 0.25) is 0 Å². The van der Waals surface area contributed by atoms with Crippen molar-refractivity contribution in [1.29, 1.82) is 0 Å². The summed E-state index contributed by atoms with van der Waals surface area (Å²) in [5, 5.41) is 15.7. The van der Waals surface area contributed by atoms with E-state index in [1.165, 1.54) is 23.5 Å². The number of amides is 1. The Labute approximate surface area is 190 Å². The zero-order chi connectivity index (χ0) is 22.1. The van der Waals surface area contributed by atoms with E-state index in [1.54, 1.807) is 18.3 Å². The molecule has 9 heteroatoms. The van der Waals surface area contributed by atoms with Crippen molar-refractivity contribution in [3.63, 3.8) is 0 Å². The number of halogens is 1. The molecule has 0 fully saturated rings. The number of nitrogens with zero attached hydrogens (tertiary/aromatic N) is 3. The maximum Gasteiger partial charge on any atom is 0.281 e. The van der Waals surface area contributed by atoms with Crippen molar-refractivity contribution in [1.82, 2.24) is 9.99 Å². The van der Waals surface area contributed by atoms with E-state index in [2.05, 4.69) is 31.0 Å². The lowest BCUT2D eigenvalue weighted by atomic mass is 10.2. The van der Waals surface area contributed by atoms with Gasteiger partial charge >= 0.3 is 0 Å². The Morgan fingerprint density at radius 3 is 2.71 bits per heavy atom. The third kappa shape index (κ3) is 4.14. The molecule has 0 aliphatic carbocycles. The molecule has 2 aromatic carbocycles. The van der Waals surface area contributed by atoms with E-state index in [4.69, 9.17) is 0 Å². The van der Waals surface area contributed by atoms with E-state index in [1.807, 2.05) is 44.2 Å². The van der Waals surface area contributed by atoms with E-state index >= 15 is 0 Å². The van der Waals surface area contributed by atoms with Crippen molar-refractivity contribution in [2.45, 2.75) is 13.8 Å². The second kappa shape index (κ2) is 8.44. The molecule has 156 valence electrons. The summed E-state index contributed by atoms with van der Waals surface area (Å²) in [5.74, 6) is -0.361. The highest BCUT2D eigenvalue weighted by atomic mass is 79.9. The standard InChI is InChI=1S/C22H17BrN4O3S/c1-13-9-16(14(2)26(13)19-6-4-3-5-18(19)23)12-24-25-22(28)21-11-15-10-17(27(29)30)7-8-20(15)31-21/h3-12H,1-2H3,(H,25,28)/b24-12-. The van der Waals surface area contributed by atoms with Gasteiger partial charge in [0.25, 0.3) is 11.6 Å². The number of non-ortho nitro benzene ring substituents is 1. The lowest BCUT2D eigenvalue weighted by Crippen LogP contribution is -2.16. The summed E-state index contributed by atoms with van der Waals surface area (Å²) in [4.78, 5) is 23.4. The topological polar surface area (TPSA) is 89.5 Å². The van der Waals surface area contributed by atoms with Gasteiger partial charge in [-0.1, -0.05) is 12.1 Å². The Kier molecular flexibility index (Phi) is 5.71. The van der Waals surface area contributed by atoms with Crippen LogP contribution in [0.25, 0.3) is 15.8 Å². The number of hydrazone groups is 1. The Morgan fingerprint density at radius 1 is 1.19 bits per heavy atom. The third-order valence-electron chi connectivity index (χ3n) is 4.87. The average Bonchev–Trinajstić information content (AvgIpc) is 3.29. The fourth-order valence-electron chi connectivity index (χ4n) is 3.39. The quantitative estimate of drug-likeness (QED) is 0.217. The van der Waals surface area contributed by atoms with Crippen LogP contribution in [0.2, 0.25) is 0 Å². The van der Waals surface area contributed by atoms with Crippen LogP contribution in [0.3, 0.4) is 0 Å². The number of hydrogen-bond acceptors (Lipinski definition) is 5. The molecule has 0 aliphatic rings. The smallest absolute Gasteiger partial charge is 0.281 e. The molecule has 0 bridgehead atoms. The van der Waals surface area contributed by atoms with Gasteiger partial charge in [0, 0.05) is 43.6 Å². The van der Waals surface area contributed by atoms with Crippen molar-refractivity contribution >= 4 is 55.2 Å². The molecule has 0 unspecified atom stereocenters. The predicted octanol–water partition coefficient (Wildman–Crippen LogP) is 5.74. The van der Waals surface area contributed by atoms with Gasteiger partial charge in [-0.05, 0) is 60.1 Å². The van der Waals surface area contributed by atoms with E-state index in [0.29, 0.717) is 10.3 Å². The van der Waals surface area contributed by atoms with Gasteiger partial charge in [0.05, 0.1) is 21.7 Å². The van der Waals surface area contributed by atoms with Crippen molar-refractivity contribution < 1.29 is 9.72 Å². The van der Waals surface area contributed by atoms with Crippen molar-refractivity contribution in [2.24, 2.45) is 5.10 Å². The zero-order valence-corrected chi connectivity index (χ0v) is 19.0. The molecule has 2 aromatic heterocycles. The number of thiophene rings is 1. The average molecular weight is 497 g/mol. The molecule has 31 heavy (non-hydrogen) atoms. The third-order valence-corrected chi connectivity index (χ3v) is 6.65. The van der Waals surface area contributed by atoms with Crippen LogP contribution in [0.5, 0.6) is 0 Å². The van der Waals surface area contributed by atoms with Crippen LogP contribution in [-0.2, 0) is 0 Å². The highest BCUT2D eigenvalue weighted by molar-refractivity contribution is 9.10. The normalized spacial score (nSPS) is 11.3. The number of nitro groups is 1. The number of nitrogens with one attached hydrogen (secondary N) is 1. The van der Waals surface area contributed by atoms with E-state index in [-0.39, 0.29) is 11.6 Å². The first-order chi connectivity index (χ1) is 14.8. The Balaban J connectivity index is 1.53. The summed E-state index contributed by atoms with van der Waals surface area (Å²) in [6, 6.07) is 16.1. The molecule has 4 aromatic rings. The van der Waals surface area contributed by atoms with Crippen LogP contribution in [0.1, 0.15) is 26.6 Å². The minimum Gasteiger partial charge on any atom is -0.317 e. The van der Waals surface area contributed by atoms with E-state index in [0.717, 1.165) is 31.8 Å². The summed E-state index contributed by atoms with van der Waals surface area (Å²) < 4.78 is 3.90. The predicted molar refractivity (Wildman–Crippen MR) is 126 cm³/mol. The molecule has 1 N–H and O–H groups in total. The van der Waals surface area contributed by atoms with Crippen molar-refractivity contribution in [3.05, 3.63) is 91.0 Å². The largest absolute Gasteiger partial charge is 0.317 e. The first kappa shape index (κ1) is 21.0. The molecule has 0 saturated heterocycles. The van der Waals surface area contributed by atoms with Gasteiger partial charge in [0.1, 0.15) is 0 Å². The maximum atomic E-state index is 12.5. The SMILES string of the molecule is Cc1cc(/C=N\NC(=O)c2cc3cc([N+](=O)[O-])ccc3s2)c(C)n1-c1ccccc1Br. The minimum atomic E-state index is -0.453. The number of carbonyl (C=O) groups is 1. The lowest BCUT2D eigenvalue weighted by Gasteiger charge is -2.11. The van der Waals surface area contributed by atoms with Gasteiger partial charge < -0.3 is 4.57 Å². The number of rotatable bonds is 5. The zero-order valence-electron chi connectivity index (χ0n) is 16.6. The summed E-state index contributed by atoms with van der Waals surface area (Å²) in [6.07, 6.45) is 1.62. The number of aromatic nitrogens is 1. The number of para-hydroxylation sites is 1. The highest BCUT2D eigenvalue weighted by Gasteiger charge is 2.14. The van der Waals surface area contributed by atoms with Crippen molar-refractivity contribution in [3.8, 4) is 5.69 Å². The Morgan fingerprint density at radius 2 is 1.97 bits per heavy atom. The number of carbonyl (C=O) groups excluding carboxylic acids is 1. The summed E-state index contributed by atoms with van der Waals surface area (Å²) >= 11 is 4.85. The van der Waals surface area contributed by atoms with Crippen LogP contribution in [0.15, 0.2) is 64.2 Å². The molecule has 0 atom stereocenters. The van der Waals surface area contributed by atoms with Gasteiger partial charge in [-0.15, -0.1) is 11.3 Å². The maximum absolute atomic E-state index is 12.5. The van der Waals surface area contributed by atoms with Crippen molar-refractivity contribution in [2.75, 3.05) is 0 Å². The fraction of sp³-hybridized carbons (Fsp3) is 0.0909. The van der Waals surface area contributed by atoms with E-state index < -0.39 is 4.92 Å². The monoisotopic (exact) mass is 496 g/mol. The number of hydrogen-bond donors (Lipinski definition) is 1. The lowest BCUT2D eigenvalue weighted by molar-refractivity contribution is -0.384. The van der Waals surface area contributed by atoms with Crippen LogP contribution >= 0.6 is 27.3 Å². The van der Waals surface area contributed by atoms with Gasteiger partial charge in [0.15, 0.2) is 0 Å². The first-order valence-electron chi connectivity index (χ1n) is 9.30. The number of aryl methyl sites for hydroxylation is 1. The fourth-order valence-corrected chi connectivity index (χ4v) is 4.79. The summed E-state index contributed by atoms with van der Waals surface area (Å²) in [7, 11) is 0. The molecular weight excluding hydrogens is 480 g/mol. The number of fused-ring (bicyclic) bond motifs is 1. The molecule has 1 amide bonds. The van der Waals surface area contributed by atoms with Crippen LogP contribution in [0, 0.1) is 24.0 Å². The molecule has 0 radical (unpaired) electrons. The van der Waals surface area contributed by atoms with Crippen LogP contribution < -0.4 is 5.43 Å². The molecule has 0 aliphatic heterocycles. The molecule has 0 saturated carbocycles. The molecule has 4 rings (SSSR count). The van der Waals surface area contributed by atoms with Crippen LogP contribution in [-0.4, -0.2) is 21.6 Å². The van der Waals surface area contributed by atoms with Crippen LogP contribution in [0.4, 0.5) is 5.69 Å². The molecule has 0 spiro atoms. The van der Waals surface area contributed by atoms with Gasteiger partial charge in [-0.25, -0.2) is 5.43 Å². The first-order valence-corrected chi connectivity index (χ1v) is 10.9. The minimum absolute atomic E-state index is 0.00399. The summed E-state index contributed by atoms with van der Waals surface area (Å²) in [6.45, 7) is 4.01. The number of benzene rings is 2. The van der Waals surface area contributed by atoms with Gasteiger partial charge in [-0.3, -0.25) is 14.9 Å². The second-order valence-corrected chi connectivity index (χ2v) is 8.84. The number of nitro benzene ring substituents is 1. The molecular formula is C22H17BrN4O3S. The molecule has 2 heterocycles. The summed E-state index contributed by atoms with van der Waals surface area (Å²) in [5.41, 5.74) is 6.50. The highest BCUT2D eigenvalue weighted by Crippen LogP contribution is 2.29. The second-order valence-electron chi connectivity index (χ2n) is 6.90. The van der Waals surface area contributed by atoms with E-state index in [9.17, 15) is 14.9 Å². The molecule has 7 nitrogen and oxygen atoms in total.